The highest BCUT2D eigenvalue weighted by molar-refractivity contribution is 7.99. The van der Waals surface area contributed by atoms with E-state index in [2.05, 4.69) is 16.5 Å². The smallest absolute Gasteiger partial charge is 0.0791 e. The third-order valence-electron chi connectivity index (χ3n) is 4.17. The first-order chi connectivity index (χ1) is 9.28. The van der Waals surface area contributed by atoms with Crippen LogP contribution in [0.3, 0.4) is 0 Å². The first-order valence-electron chi connectivity index (χ1n) is 7.52. The molecule has 112 valence electrons. The van der Waals surface area contributed by atoms with E-state index in [1.54, 1.807) is 0 Å². The molecule has 4 nitrogen and oxygen atoms in total. The fourth-order valence-electron chi connectivity index (χ4n) is 2.99. The van der Waals surface area contributed by atoms with Gasteiger partial charge in [0.15, 0.2) is 0 Å². The summed E-state index contributed by atoms with van der Waals surface area (Å²) < 4.78 is 5.32. The lowest BCUT2D eigenvalue weighted by molar-refractivity contribution is 0.0143. The largest absolute Gasteiger partial charge is 0.390 e. The van der Waals surface area contributed by atoms with Gasteiger partial charge in [-0.15, -0.1) is 0 Å². The molecule has 0 aromatic rings. The van der Waals surface area contributed by atoms with Crippen LogP contribution in [0.5, 0.6) is 0 Å². The number of aliphatic hydroxyl groups excluding tert-OH is 1. The summed E-state index contributed by atoms with van der Waals surface area (Å²) in [4.78, 5) is 2.29. The third kappa shape index (κ3) is 5.60. The fourth-order valence-corrected chi connectivity index (χ4v) is 3.82. The Morgan fingerprint density at radius 3 is 2.89 bits per heavy atom. The van der Waals surface area contributed by atoms with Crippen LogP contribution in [0.15, 0.2) is 0 Å². The van der Waals surface area contributed by atoms with Gasteiger partial charge in [0, 0.05) is 37.5 Å². The lowest BCUT2D eigenvalue weighted by Crippen LogP contribution is -2.46. The first kappa shape index (κ1) is 15.6. The zero-order chi connectivity index (χ0) is 13.5. The Morgan fingerprint density at radius 2 is 2.16 bits per heavy atom. The van der Waals surface area contributed by atoms with Crippen LogP contribution in [0.2, 0.25) is 0 Å². The molecule has 19 heavy (non-hydrogen) atoms. The second kappa shape index (κ2) is 8.47. The molecular formula is C14H28N2O2S. The van der Waals surface area contributed by atoms with E-state index in [0.717, 1.165) is 44.6 Å². The normalized spacial score (nSPS) is 31.3. The molecule has 3 unspecified atom stereocenters. The number of β-amino-alcohol motifs (C(OH)–C–C–N with tert-alkyl or cyclic N) is 1. The summed E-state index contributed by atoms with van der Waals surface area (Å²) in [6, 6.07) is 0.602. The molecular weight excluding hydrogens is 260 g/mol. The number of nitrogens with zero attached hydrogens (tertiary/aromatic N) is 1. The Morgan fingerprint density at radius 1 is 1.37 bits per heavy atom. The van der Waals surface area contributed by atoms with Crippen molar-refractivity contribution in [3.05, 3.63) is 0 Å². The Bertz CT molecular complexity index is 250. The third-order valence-corrected chi connectivity index (χ3v) is 5.27. The van der Waals surface area contributed by atoms with Crippen LogP contribution in [0, 0.1) is 0 Å². The number of aliphatic hydroxyl groups is 1. The van der Waals surface area contributed by atoms with Gasteiger partial charge in [-0.3, -0.25) is 4.90 Å². The first-order valence-corrected chi connectivity index (χ1v) is 8.81. The molecule has 0 aromatic carbocycles. The fraction of sp³-hybridized carbons (Fsp3) is 1.00. The molecule has 2 N–H and O–H groups in total. The van der Waals surface area contributed by atoms with E-state index >= 15 is 0 Å². The van der Waals surface area contributed by atoms with Gasteiger partial charge in [-0.25, -0.2) is 0 Å². The van der Waals surface area contributed by atoms with Crippen LogP contribution in [0.25, 0.3) is 0 Å². The van der Waals surface area contributed by atoms with Crippen molar-refractivity contribution < 1.29 is 9.84 Å². The molecule has 2 fully saturated rings. The SMILES string of the molecule is CSC1CCCC(NCC(O)CN2CCOCC2)C1. The summed E-state index contributed by atoms with van der Waals surface area (Å²) in [5.41, 5.74) is 0. The average molecular weight is 288 g/mol. The maximum Gasteiger partial charge on any atom is 0.0791 e. The number of ether oxygens (including phenoxy) is 1. The summed E-state index contributed by atoms with van der Waals surface area (Å²) >= 11 is 1.99. The van der Waals surface area contributed by atoms with E-state index in [0.29, 0.717) is 6.04 Å². The van der Waals surface area contributed by atoms with Crippen molar-refractivity contribution in [2.45, 2.75) is 43.1 Å². The van der Waals surface area contributed by atoms with Gasteiger partial charge in [0.2, 0.25) is 0 Å². The van der Waals surface area contributed by atoms with Crippen molar-refractivity contribution in [3.8, 4) is 0 Å². The van der Waals surface area contributed by atoms with Crippen molar-refractivity contribution >= 4 is 11.8 Å². The molecule has 0 spiro atoms. The van der Waals surface area contributed by atoms with Crippen LogP contribution < -0.4 is 5.32 Å². The summed E-state index contributed by atoms with van der Waals surface area (Å²) in [5.74, 6) is 0. The topological polar surface area (TPSA) is 44.7 Å². The van der Waals surface area contributed by atoms with E-state index < -0.39 is 0 Å². The number of nitrogens with one attached hydrogen (secondary N) is 1. The number of hydrogen-bond acceptors (Lipinski definition) is 5. The Balaban J connectivity index is 1.61. The lowest BCUT2D eigenvalue weighted by Gasteiger charge is -2.31. The molecule has 5 heteroatoms. The molecule has 1 aliphatic carbocycles. The van der Waals surface area contributed by atoms with Crippen LogP contribution in [-0.4, -0.2) is 73.1 Å². The van der Waals surface area contributed by atoms with Gasteiger partial charge in [0.25, 0.3) is 0 Å². The predicted octanol–water partition coefficient (Wildman–Crippen LogP) is 0.943. The molecule has 2 rings (SSSR count). The van der Waals surface area contributed by atoms with Gasteiger partial charge in [-0.1, -0.05) is 6.42 Å². The predicted molar refractivity (Wildman–Crippen MR) is 80.8 cm³/mol. The van der Waals surface area contributed by atoms with Gasteiger partial charge in [-0.2, -0.15) is 11.8 Å². The van der Waals surface area contributed by atoms with E-state index in [1.165, 1.54) is 25.7 Å². The highest BCUT2D eigenvalue weighted by atomic mass is 32.2. The molecule has 0 radical (unpaired) electrons. The minimum Gasteiger partial charge on any atom is -0.390 e. The molecule has 0 bridgehead atoms. The maximum atomic E-state index is 10.1. The summed E-state index contributed by atoms with van der Waals surface area (Å²) in [7, 11) is 0. The summed E-state index contributed by atoms with van der Waals surface area (Å²) in [6.07, 6.45) is 7.15. The molecule has 0 amide bonds. The number of morpholine rings is 1. The minimum atomic E-state index is -0.257. The maximum absolute atomic E-state index is 10.1. The number of thioether (sulfide) groups is 1. The van der Waals surface area contributed by atoms with E-state index in [1.807, 2.05) is 11.8 Å². The molecule has 1 aliphatic heterocycles. The van der Waals surface area contributed by atoms with Crippen LogP contribution in [-0.2, 0) is 4.74 Å². The van der Waals surface area contributed by atoms with Gasteiger partial charge < -0.3 is 15.2 Å². The number of hydrogen-bond donors (Lipinski definition) is 2. The minimum absolute atomic E-state index is 0.257. The molecule has 1 saturated carbocycles. The van der Waals surface area contributed by atoms with Crippen LogP contribution in [0.4, 0.5) is 0 Å². The molecule has 1 saturated heterocycles. The average Bonchev–Trinajstić information content (AvgIpc) is 2.46. The van der Waals surface area contributed by atoms with Gasteiger partial charge in [0.1, 0.15) is 0 Å². The van der Waals surface area contributed by atoms with Crippen molar-refractivity contribution in [1.29, 1.82) is 0 Å². The van der Waals surface area contributed by atoms with E-state index in [-0.39, 0.29) is 6.10 Å². The van der Waals surface area contributed by atoms with Gasteiger partial charge in [0.05, 0.1) is 19.3 Å². The van der Waals surface area contributed by atoms with E-state index in [9.17, 15) is 5.11 Å². The Hall–Kier alpha value is 0.190. The van der Waals surface area contributed by atoms with Gasteiger partial charge >= 0.3 is 0 Å². The molecule has 3 atom stereocenters. The second-order valence-corrected chi connectivity index (χ2v) is 6.83. The van der Waals surface area contributed by atoms with Crippen LogP contribution in [0.1, 0.15) is 25.7 Å². The van der Waals surface area contributed by atoms with E-state index in [4.69, 9.17) is 4.74 Å². The molecule has 1 heterocycles. The monoisotopic (exact) mass is 288 g/mol. The van der Waals surface area contributed by atoms with Crippen molar-refractivity contribution in [2.24, 2.45) is 0 Å². The van der Waals surface area contributed by atoms with Crippen molar-refractivity contribution in [2.75, 3.05) is 45.6 Å². The molecule has 2 aliphatic rings. The standard InChI is InChI=1S/C14H28N2O2S/c1-19-14-4-2-3-12(9-14)15-10-13(17)11-16-5-7-18-8-6-16/h12-15,17H,2-11H2,1H3. The number of rotatable bonds is 6. The summed E-state index contributed by atoms with van der Waals surface area (Å²) in [6.45, 7) is 5.01. The zero-order valence-electron chi connectivity index (χ0n) is 12.0. The second-order valence-electron chi connectivity index (χ2n) is 5.70. The van der Waals surface area contributed by atoms with Crippen LogP contribution >= 0.6 is 11.8 Å². The lowest BCUT2D eigenvalue weighted by atomic mass is 9.95. The molecule has 0 aromatic heterocycles. The highest BCUT2D eigenvalue weighted by Crippen LogP contribution is 2.26. The van der Waals surface area contributed by atoms with Gasteiger partial charge in [-0.05, 0) is 25.5 Å². The highest BCUT2D eigenvalue weighted by Gasteiger charge is 2.22. The Kier molecular flexibility index (Phi) is 6.94. The summed E-state index contributed by atoms with van der Waals surface area (Å²) in [5, 5.41) is 14.5. The van der Waals surface area contributed by atoms with Crippen molar-refractivity contribution in [3.63, 3.8) is 0 Å². The van der Waals surface area contributed by atoms with Crippen molar-refractivity contribution in [1.82, 2.24) is 10.2 Å². The Labute approximate surface area is 121 Å². The zero-order valence-corrected chi connectivity index (χ0v) is 12.8. The quantitative estimate of drug-likeness (QED) is 0.762.